The highest BCUT2D eigenvalue weighted by Gasteiger charge is 2.06. The van der Waals surface area contributed by atoms with Crippen molar-refractivity contribution in [2.75, 3.05) is 11.9 Å². The van der Waals surface area contributed by atoms with Crippen LogP contribution in [0, 0.1) is 6.92 Å². The van der Waals surface area contributed by atoms with Crippen molar-refractivity contribution in [3.05, 3.63) is 52.9 Å². The van der Waals surface area contributed by atoms with Gasteiger partial charge >= 0.3 is 0 Å². The van der Waals surface area contributed by atoms with Crippen LogP contribution in [0.25, 0.3) is 0 Å². The molecule has 1 amide bonds. The van der Waals surface area contributed by atoms with E-state index in [2.05, 4.69) is 20.6 Å². The van der Waals surface area contributed by atoms with E-state index >= 15 is 0 Å². The Morgan fingerprint density at radius 1 is 1.25 bits per heavy atom. The highest BCUT2D eigenvalue weighted by Crippen LogP contribution is 2.17. The molecule has 1 aromatic heterocycles. The number of nitrogens with one attached hydrogen (secondary N) is 2. The van der Waals surface area contributed by atoms with Crippen molar-refractivity contribution in [1.82, 2.24) is 15.3 Å². The summed E-state index contributed by atoms with van der Waals surface area (Å²) in [7, 11) is 0. The van der Waals surface area contributed by atoms with Crippen LogP contribution >= 0.6 is 11.6 Å². The van der Waals surface area contributed by atoms with Crippen LogP contribution in [0.15, 0.2) is 36.7 Å². The predicted molar refractivity (Wildman–Crippen MR) is 78.6 cm³/mol. The third-order valence-electron chi connectivity index (χ3n) is 2.77. The van der Waals surface area contributed by atoms with Crippen LogP contribution in [0.4, 0.5) is 5.82 Å². The maximum absolute atomic E-state index is 11.7. The van der Waals surface area contributed by atoms with Gasteiger partial charge in [-0.1, -0.05) is 41.9 Å². The van der Waals surface area contributed by atoms with Crippen LogP contribution in [-0.4, -0.2) is 22.4 Å². The first-order chi connectivity index (χ1) is 9.66. The Bertz CT molecular complexity index is 589. The second-order valence-corrected chi connectivity index (χ2v) is 4.61. The first-order valence-corrected chi connectivity index (χ1v) is 6.56. The van der Waals surface area contributed by atoms with Crippen molar-refractivity contribution in [1.29, 1.82) is 0 Å². The summed E-state index contributed by atoms with van der Waals surface area (Å²) in [5, 5.41) is 6.15. The molecule has 2 N–H and O–H groups in total. The number of hydrogen-bond donors (Lipinski definition) is 2. The molecule has 1 aromatic carbocycles. The number of hydrogen-bond acceptors (Lipinski definition) is 4. The van der Waals surface area contributed by atoms with Gasteiger partial charge in [-0.15, -0.1) is 0 Å². The number of halogens is 1. The van der Waals surface area contributed by atoms with E-state index in [-0.39, 0.29) is 12.5 Å². The normalized spacial score (nSPS) is 10.1. The zero-order valence-corrected chi connectivity index (χ0v) is 11.8. The SMILES string of the molecule is Cc1c(Cl)ncnc1NCC(=O)NCc1ccccc1. The molecule has 2 rings (SSSR count). The molecule has 0 spiro atoms. The van der Waals surface area contributed by atoms with Gasteiger partial charge in [-0.2, -0.15) is 0 Å². The van der Waals surface area contributed by atoms with Gasteiger partial charge < -0.3 is 10.6 Å². The summed E-state index contributed by atoms with van der Waals surface area (Å²) in [6.07, 6.45) is 1.36. The van der Waals surface area contributed by atoms with Crippen LogP contribution < -0.4 is 10.6 Å². The molecule has 104 valence electrons. The van der Waals surface area contributed by atoms with Crippen LogP contribution in [0.5, 0.6) is 0 Å². The minimum Gasteiger partial charge on any atom is -0.361 e. The van der Waals surface area contributed by atoms with E-state index < -0.39 is 0 Å². The summed E-state index contributed by atoms with van der Waals surface area (Å²) in [6.45, 7) is 2.44. The Kier molecular flexibility index (Phi) is 4.90. The Morgan fingerprint density at radius 3 is 2.75 bits per heavy atom. The van der Waals surface area contributed by atoms with E-state index in [0.29, 0.717) is 17.5 Å². The van der Waals surface area contributed by atoms with Crippen molar-refractivity contribution >= 4 is 23.3 Å². The number of aromatic nitrogens is 2. The number of rotatable bonds is 5. The Balaban J connectivity index is 1.82. The lowest BCUT2D eigenvalue weighted by molar-refractivity contribution is -0.119. The molecule has 0 aliphatic carbocycles. The highest BCUT2D eigenvalue weighted by molar-refractivity contribution is 6.30. The van der Waals surface area contributed by atoms with Crippen molar-refractivity contribution in [2.24, 2.45) is 0 Å². The lowest BCUT2D eigenvalue weighted by Gasteiger charge is -2.09. The van der Waals surface area contributed by atoms with Crippen LogP contribution in [0.1, 0.15) is 11.1 Å². The molecule has 0 saturated heterocycles. The molecule has 6 heteroatoms. The Labute approximate surface area is 122 Å². The summed E-state index contributed by atoms with van der Waals surface area (Å²) in [4.78, 5) is 19.6. The van der Waals surface area contributed by atoms with Crippen molar-refractivity contribution in [3.8, 4) is 0 Å². The standard InChI is InChI=1S/C14H15ClN4O/c1-10-13(15)18-9-19-14(10)17-8-12(20)16-7-11-5-3-2-4-6-11/h2-6,9H,7-8H2,1H3,(H,16,20)(H,17,18,19). The van der Waals surface area contributed by atoms with Gasteiger partial charge in [-0.05, 0) is 12.5 Å². The van der Waals surface area contributed by atoms with Crippen LogP contribution in [-0.2, 0) is 11.3 Å². The minimum absolute atomic E-state index is 0.108. The van der Waals surface area contributed by atoms with Crippen LogP contribution in [0.3, 0.4) is 0 Å². The third-order valence-corrected chi connectivity index (χ3v) is 3.15. The number of amides is 1. The van der Waals surface area contributed by atoms with E-state index in [1.165, 1.54) is 6.33 Å². The molecule has 0 aliphatic rings. The van der Waals surface area contributed by atoms with Crippen molar-refractivity contribution in [2.45, 2.75) is 13.5 Å². The molecular weight excluding hydrogens is 276 g/mol. The number of carbonyl (C=O) groups is 1. The van der Waals surface area contributed by atoms with E-state index in [9.17, 15) is 4.79 Å². The van der Waals surface area contributed by atoms with Crippen molar-refractivity contribution < 1.29 is 4.79 Å². The second-order valence-electron chi connectivity index (χ2n) is 4.25. The maximum Gasteiger partial charge on any atom is 0.239 e. The van der Waals surface area contributed by atoms with Gasteiger partial charge in [0.1, 0.15) is 17.3 Å². The van der Waals surface area contributed by atoms with Gasteiger partial charge in [0.05, 0.1) is 6.54 Å². The monoisotopic (exact) mass is 290 g/mol. The van der Waals surface area contributed by atoms with Gasteiger partial charge in [0, 0.05) is 12.1 Å². The lowest BCUT2D eigenvalue weighted by atomic mass is 10.2. The van der Waals surface area contributed by atoms with E-state index in [4.69, 9.17) is 11.6 Å². The largest absolute Gasteiger partial charge is 0.361 e. The summed E-state index contributed by atoms with van der Waals surface area (Å²) >= 11 is 5.88. The molecular formula is C14H15ClN4O. The molecule has 2 aromatic rings. The first-order valence-electron chi connectivity index (χ1n) is 6.18. The zero-order valence-electron chi connectivity index (χ0n) is 11.1. The zero-order chi connectivity index (χ0) is 14.4. The third kappa shape index (κ3) is 3.93. The second kappa shape index (κ2) is 6.86. The highest BCUT2D eigenvalue weighted by atomic mass is 35.5. The molecule has 0 saturated carbocycles. The molecule has 0 unspecified atom stereocenters. The van der Waals surface area contributed by atoms with E-state index in [0.717, 1.165) is 11.1 Å². The predicted octanol–water partition coefficient (Wildman–Crippen LogP) is 2.17. The van der Waals surface area contributed by atoms with Gasteiger partial charge in [0.2, 0.25) is 5.91 Å². The molecule has 0 atom stereocenters. The van der Waals surface area contributed by atoms with Crippen LogP contribution in [0.2, 0.25) is 5.15 Å². The maximum atomic E-state index is 11.7. The quantitative estimate of drug-likeness (QED) is 0.828. The molecule has 20 heavy (non-hydrogen) atoms. The summed E-state index contributed by atoms with van der Waals surface area (Å²) in [6, 6.07) is 9.73. The lowest BCUT2D eigenvalue weighted by Crippen LogP contribution is -2.29. The number of nitrogens with zero attached hydrogens (tertiary/aromatic N) is 2. The topological polar surface area (TPSA) is 66.9 Å². The molecule has 0 fully saturated rings. The fourth-order valence-electron chi connectivity index (χ4n) is 1.63. The summed E-state index contributed by atoms with van der Waals surface area (Å²) in [5.41, 5.74) is 1.78. The molecule has 0 radical (unpaired) electrons. The average Bonchev–Trinajstić information content (AvgIpc) is 2.48. The minimum atomic E-state index is -0.108. The smallest absolute Gasteiger partial charge is 0.239 e. The Hall–Kier alpha value is -2.14. The number of carbonyl (C=O) groups excluding carboxylic acids is 1. The number of benzene rings is 1. The average molecular weight is 291 g/mol. The van der Waals surface area contributed by atoms with Gasteiger partial charge in [0.25, 0.3) is 0 Å². The van der Waals surface area contributed by atoms with Gasteiger partial charge in [-0.25, -0.2) is 9.97 Å². The number of anilines is 1. The van der Waals surface area contributed by atoms with E-state index in [1.54, 1.807) is 6.92 Å². The van der Waals surface area contributed by atoms with Gasteiger partial charge in [-0.3, -0.25) is 4.79 Å². The summed E-state index contributed by atoms with van der Waals surface area (Å²) < 4.78 is 0. The molecule has 5 nitrogen and oxygen atoms in total. The Morgan fingerprint density at radius 2 is 2.00 bits per heavy atom. The fraction of sp³-hybridized carbons (Fsp3) is 0.214. The van der Waals surface area contributed by atoms with Crippen molar-refractivity contribution in [3.63, 3.8) is 0 Å². The molecule has 1 heterocycles. The summed E-state index contributed by atoms with van der Waals surface area (Å²) in [5.74, 6) is 0.461. The first kappa shape index (κ1) is 14.3. The molecule has 0 bridgehead atoms. The van der Waals surface area contributed by atoms with Gasteiger partial charge in [0.15, 0.2) is 0 Å². The fourth-order valence-corrected chi connectivity index (χ4v) is 1.76. The van der Waals surface area contributed by atoms with E-state index in [1.807, 2.05) is 30.3 Å². The molecule has 0 aliphatic heterocycles.